The van der Waals surface area contributed by atoms with Crippen molar-refractivity contribution in [1.29, 1.82) is 0 Å². The van der Waals surface area contributed by atoms with E-state index in [1.165, 1.54) is 0 Å². The zero-order valence-corrected chi connectivity index (χ0v) is 13.8. The van der Waals surface area contributed by atoms with Crippen molar-refractivity contribution in [1.82, 2.24) is 15.0 Å². The van der Waals surface area contributed by atoms with Gasteiger partial charge in [0.15, 0.2) is 5.69 Å². The third kappa shape index (κ3) is 3.77. The Labute approximate surface area is 138 Å². The lowest BCUT2D eigenvalue weighted by molar-refractivity contribution is -0.145. The van der Waals surface area contributed by atoms with Crippen LogP contribution < -0.4 is 0 Å². The highest BCUT2D eigenvalue weighted by atomic mass is 35.6. The van der Waals surface area contributed by atoms with E-state index >= 15 is 0 Å². The average molecular weight is 393 g/mol. The Balaban J connectivity index is 3.38. The fourth-order valence-electron chi connectivity index (χ4n) is 1.40. The predicted molar refractivity (Wildman–Crippen MR) is 73.6 cm³/mol. The van der Waals surface area contributed by atoms with E-state index in [4.69, 9.17) is 58.0 Å². The van der Waals surface area contributed by atoms with Crippen LogP contribution in [0, 0.1) is 0 Å². The number of unbranched alkanes of at least 4 members (excludes halogenated alkanes) is 1. The van der Waals surface area contributed by atoms with Gasteiger partial charge in [-0.15, -0.1) is 5.10 Å². The van der Waals surface area contributed by atoms with Crippen LogP contribution in [-0.2, 0) is 17.1 Å². The summed E-state index contributed by atoms with van der Waals surface area (Å²) in [6, 6.07) is 0. The Morgan fingerprint density at radius 2 is 1.65 bits per heavy atom. The summed E-state index contributed by atoms with van der Waals surface area (Å²) >= 11 is 28.1. The largest absolute Gasteiger partial charge is 0.435 e. The van der Waals surface area contributed by atoms with Crippen LogP contribution in [-0.4, -0.2) is 18.8 Å². The third-order valence-electron chi connectivity index (χ3n) is 2.38. The van der Waals surface area contributed by atoms with Crippen LogP contribution in [0.5, 0.6) is 0 Å². The maximum absolute atomic E-state index is 13.1. The van der Waals surface area contributed by atoms with Crippen molar-refractivity contribution in [3.05, 3.63) is 11.4 Å². The number of hydrogen-bond acceptors (Lipinski definition) is 2. The van der Waals surface area contributed by atoms with Gasteiger partial charge in [0.2, 0.25) is 8.13 Å². The lowest BCUT2D eigenvalue weighted by atomic mass is 10.2. The van der Waals surface area contributed by atoms with Crippen LogP contribution in [0.3, 0.4) is 0 Å². The molecule has 0 spiro atoms. The predicted octanol–water partition coefficient (Wildman–Crippen LogP) is 5.10. The van der Waals surface area contributed by atoms with Gasteiger partial charge in [-0.25, -0.2) is 4.68 Å². The fraction of sp³-hybridized carbons (Fsp3) is 0.778. The molecule has 0 N–H and O–H groups in total. The van der Waals surface area contributed by atoms with Crippen LogP contribution in [0.2, 0.25) is 0 Å². The first-order valence-corrected chi connectivity index (χ1v) is 7.27. The summed E-state index contributed by atoms with van der Waals surface area (Å²) in [5.41, 5.74) is -2.05. The summed E-state index contributed by atoms with van der Waals surface area (Å²) < 4.78 is 35.2. The highest BCUT2D eigenvalue weighted by molar-refractivity contribution is 6.75. The minimum atomic E-state index is -4.78. The summed E-state index contributed by atoms with van der Waals surface area (Å²) in [7, 11) is 0. The van der Waals surface area contributed by atoms with Gasteiger partial charge in [-0.3, -0.25) is 0 Å². The molecule has 0 saturated heterocycles. The molecule has 1 heterocycles. The first kappa shape index (κ1) is 18.4. The molecular formula is C9H9Cl5F3N3. The molecule has 20 heavy (non-hydrogen) atoms. The smallest absolute Gasteiger partial charge is 0.240 e. The van der Waals surface area contributed by atoms with E-state index in [1.54, 1.807) is 0 Å². The standard InChI is InChI=1S/C9H9Cl5F3N3/c1-2-3-4-20-6(8(15,16)17)5(18-19-20)7(10,11)9(12,13)14/h2-4H2,1H3. The summed E-state index contributed by atoms with van der Waals surface area (Å²) in [6.45, 7) is 1.82. The molecule has 0 bridgehead atoms. The Morgan fingerprint density at radius 3 is 2.05 bits per heavy atom. The molecule has 0 saturated carbocycles. The molecule has 0 unspecified atom stereocenters. The third-order valence-corrected chi connectivity index (χ3v) is 4.74. The molecule has 0 aliphatic heterocycles. The molecule has 0 radical (unpaired) electrons. The Bertz CT molecular complexity index is 466. The van der Waals surface area contributed by atoms with Crippen LogP contribution in [0.1, 0.15) is 31.2 Å². The topological polar surface area (TPSA) is 30.7 Å². The normalized spacial score (nSPS) is 13.8. The molecule has 3 nitrogen and oxygen atoms in total. The summed E-state index contributed by atoms with van der Waals surface area (Å²) in [5, 5.41) is 6.75. The molecule has 0 aromatic carbocycles. The van der Waals surface area contributed by atoms with Crippen molar-refractivity contribution in [2.45, 2.75) is 40.6 Å². The molecule has 116 valence electrons. The van der Waals surface area contributed by atoms with Crippen molar-refractivity contribution in [2.75, 3.05) is 0 Å². The van der Waals surface area contributed by atoms with E-state index in [0.717, 1.165) is 0 Å². The summed E-state index contributed by atoms with van der Waals surface area (Å²) in [4.78, 5) is 0. The Kier molecular flexibility index (Phi) is 5.75. The molecule has 1 aromatic rings. The van der Waals surface area contributed by atoms with E-state index < -0.39 is 25.7 Å². The number of rotatable bonds is 4. The fourth-order valence-corrected chi connectivity index (χ4v) is 1.93. The average Bonchev–Trinajstić information content (AvgIpc) is 2.68. The molecule has 0 atom stereocenters. The van der Waals surface area contributed by atoms with Gasteiger partial charge in [-0.05, 0) is 6.42 Å². The van der Waals surface area contributed by atoms with Crippen molar-refractivity contribution in [2.24, 2.45) is 0 Å². The van der Waals surface area contributed by atoms with E-state index in [9.17, 15) is 13.2 Å². The van der Waals surface area contributed by atoms with E-state index in [1.807, 2.05) is 6.92 Å². The van der Waals surface area contributed by atoms with Gasteiger partial charge in [0.05, 0.1) is 0 Å². The minimum Gasteiger partial charge on any atom is -0.240 e. The Hall–Kier alpha value is 0.380. The number of nitrogens with zero attached hydrogens (tertiary/aromatic N) is 3. The van der Waals surface area contributed by atoms with Crippen molar-refractivity contribution >= 4 is 58.0 Å². The van der Waals surface area contributed by atoms with Gasteiger partial charge in [0.25, 0.3) is 0 Å². The molecule has 11 heteroatoms. The maximum atomic E-state index is 13.1. The molecule has 0 amide bonds. The SMILES string of the molecule is CCCCn1nnc(C(Cl)(Cl)C(Cl)(Cl)Cl)c1C(F)(F)F. The molecule has 1 rings (SSSR count). The highest BCUT2D eigenvalue weighted by Crippen LogP contribution is 2.54. The van der Waals surface area contributed by atoms with Crippen LogP contribution >= 0.6 is 58.0 Å². The lowest BCUT2D eigenvalue weighted by Crippen LogP contribution is -2.32. The van der Waals surface area contributed by atoms with Gasteiger partial charge in [0, 0.05) is 6.54 Å². The second-order valence-corrected chi connectivity index (χ2v) is 7.54. The van der Waals surface area contributed by atoms with Crippen molar-refractivity contribution in [3.63, 3.8) is 0 Å². The van der Waals surface area contributed by atoms with Crippen molar-refractivity contribution < 1.29 is 13.2 Å². The number of aromatic nitrogens is 3. The van der Waals surface area contributed by atoms with Gasteiger partial charge in [-0.1, -0.05) is 76.6 Å². The van der Waals surface area contributed by atoms with Crippen LogP contribution in [0.15, 0.2) is 0 Å². The minimum absolute atomic E-state index is 0.00204. The molecule has 1 aromatic heterocycles. The second kappa shape index (κ2) is 6.24. The molecule has 0 aliphatic rings. The van der Waals surface area contributed by atoms with Gasteiger partial charge >= 0.3 is 6.18 Å². The zero-order chi connectivity index (χ0) is 15.8. The highest BCUT2D eigenvalue weighted by Gasteiger charge is 2.55. The summed E-state index contributed by atoms with van der Waals surface area (Å²) in [5.74, 6) is 0. The molecule has 0 aliphatic carbocycles. The first-order chi connectivity index (χ1) is 8.93. The second-order valence-electron chi connectivity index (χ2n) is 3.93. The molecular weight excluding hydrogens is 384 g/mol. The lowest BCUT2D eigenvalue weighted by Gasteiger charge is -2.26. The van der Waals surface area contributed by atoms with Crippen LogP contribution in [0.4, 0.5) is 13.2 Å². The Morgan fingerprint density at radius 1 is 1.10 bits per heavy atom. The monoisotopic (exact) mass is 391 g/mol. The van der Waals surface area contributed by atoms with Gasteiger partial charge in [-0.2, -0.15) is 13.2 Å². The number of alkyl halides is 8. The zero-order valence-electron chi connectivity index (χ0n) is 9.99. The number of aryl methyl sites for hydroxylation is 1. The summed E-state index contributed by atoms with van der Waals surface area (Å²) in [6.07, 6.45) is -3.64. The first-order valence-electron chi connectivity index (χ1n) is 5.38. The van der Waals surface area contributed by atoms with Gasteiger partial charge < -0.3 is 0 Å². The van der Waals surface area contributed by atoms with Gasteiger partial charge in [0.1, 0.15) is 5.69 Å². The van der Waals surface area contributed by atoms with E-state index in [-0.39, 0.29) is 6.54 Å². The van der Waals surface area contributed by atoms with Crippen molar-refractivity contribution in [3.8, 4) is 0 Å². The number of hydrogen-bond donors (Lipinski definition) is 0. The quantitative estimate of drug-likeness (QED) is 0.667. The van der Waals surface area contributed by atoms with Crippen LogP contribution in [0.25, 0.3) is 0 Å². The van der Waals surface area contributed by atoms with E-state index in [0.29, 0.717) is 17.5 Å². The number of halogens is 8. The molecule has 0 fully saturated rings. The maximum Gasteiger partial charge on any atom is 0.435 e. The van der Waals surface area contributed by atoms with E-state index in [2.05, 4.69) is 10.3 Å².